The van der Waals surface area contributed by atoms with Gasteiger partial charge in [0, 0.05) is 20.0 Å². The van der Waals surface area contributed by atoms with Crippen LogP contribution in [0, 0.1) is 5.92 Å². The van der Waals surface area contributed by atoms with E-state index >= 15 is 0 Å². The Morgan fingerprint density at radius 2 is 1.48 bits per heavy atom. The van der Waals surface area contributed by atoms with Gasteiger partial charge in [-0.05, 0) is 42.5 Å². The molecule has 3 rings (SSSR count). The molecule has 0 aromatic heterocycles. The molecule has 0 unspecified atom stereocenters. The first kappa shape index (κ1) is 34.4. The van der Waals surface area contributed by atoms with E-state index in [1.807, 2.05) is 12.1 Å². The van der Waals surface area contributed by atoms with Crippen LogP contribution in [0.3, 0.4) is 0 Å². The van der Waals surface area contributed by atoms with Gasteiger partial charge in [-0.1, -0.05) is 99.2 Å². The van der Waals surface area contributed by atoms with Crippen LogP contribution in [0.1, 0.15) is 81.9 Å². The Hall–Kier alpha value is -4.11. The first-order valence-electron chi connectivity index (χ1n) is 15.4. The molecule has 1 heterocycles. The van der Waals surface area contributed by atoms with Crippen molar-refractivity contribution in [1.82, 2.24) is 4.90 Å². The van der Waals surface area contributed by atoms with Crippen molar-refractivity contribution in [2.75, 3.05) is 13.2 Å². The highest BCUT2D eigenvalue weighted by molar-refractivity contribution is 6.04. The first-order valence-corrected chi connectivity index (χ1v) is 15.4. The van der Waals surface area contributed by atoms with Gasteiger partial charge in [0.2, 0.25) is 5.91 Å². The van der Waals surface area contributed by atoms with E-state index in [0.29, 0.717) is 17.5 Å². The number of rotatable bonds is 19. The predicted octanol–water partition coefficient (Wildman–Crippen LogP) is 5.69. The van der Waals surface area contributed by atoms with Crippen LogP contribution < -0.4 is 0 Å². The normalized spacial score (nSPS) is 16.0. The molecule has 0 radical (unpaired) electrons. The molecule has 1 fully saturated rings. The fourth-order valence-electron chi connectivity index (χ4n) is 5.30. The van der Waals surface area contributed by atoms with E-state index in [2.05, 4.69) is 0 Å². The molecular weight excluding hydrogens is 562 g/mol. The predicted molar refractivity (Wildman–Crippen MR) is 164 cm³/mol. The molecule has 2 aromatic carbocycles. The number of carbonyl (C=O) groups is 5. The number of unbranched alkanes of at least 4 members (excludes halogenated alkanes) is 7. The monoisotopic (exact) mass is 605 g/mol. The SMILES string of the molecule is CC(=O)O[C@H](C(=O)C=CC(=O)CCCCCCCCCCO)[C@H](Cc1ccccc1)C(=O)N1C(=O)OC[C@@H]1c1ccccc1. The van der Waals surface area contributed by atoms with Crippen molar-refractivity contribution in [3.63, 3.8) is 0 Å². The zero-order valence-corrected chi connectivity index (χ0v) is 25.4. The molecule has 44 heavy (non-hydrogen) atoms. The van der Waals surface area contributed by atoms with Gasteiger partial charge in [-0.2, -0.15) is 0 Å². The number of aliphatic hydroxyl groups is 1. The van der Waals surface area contributed by atoms with Crippen LogP contribution >= 0.6 is 0 Å². The third-order valence-electron chi connectivity index (χ3n) is 7.61. The summed E-state index contributed by atoms with van der Waals surface area (Å²) in [7, 11) is 0. The summed E-state index contributed by atoms with van der Waals surface area (Å²) in [5.41, 5.74) is 1.39. The third kappa shape index (κ3) is 10.9. The maximum Gasteiger partial charge on any atom is 0.417 e. The van der Waals surface area contributed by atoms with Crippen LogP contribution in [0.4, 0.5) is 4.79 Å². The van der Waals surface area contributed by atoms with Crippen molar-refractivity contribution >= 4 is 29.5 Å². The average Bonchev–Trinajstić information content (AvgIpc) is 3.42. The number of esters is 1. The molecule has 9 heteroatoms. The number of benzene rings is 2. The molecule has 0 bridgehead atoms. The summed E-state index contributed by atoms with van der Waals surface area (Å²) >= 11 is 0. The summed E-state index contributed by atoms with van der Waals surface area (Å²) in [6, 6.07) is 17.2. The van der Waals surface area contributed by atoms with Gasteiger partial charge in [0.15, 0.2) is 17.7 Å². The molecule has 9 nitrogen and oxygen atoms in total. The molecular formula is C35H43NO8. The van der Waals surface area contributed by atoms with Gasteiger partial charge in [0.05, 0.1) is 5.92 Å². The van der Waals surface area contributed by atoms with E-state index < -0.39 is 41.8 Å². The number of imide groups is 1. The minimum atomic E-state index is -1.56. The third-order valence-corrected chi connectivity index (χ3v) is 7.61. The Morgan fingerprint density at radius 1 is 0.886 bits per heavy atom. The Morgan fingerprint density at radius 3 is 2.09 bits per heavy atom. The van der Waals surface area contributed by atoms with E-state index in [-0.39, 0.29) is 31.8 Å². The van der Waals surface area contributed by atoms with Crippen molar-refractivity contribution in [1.29, 1.82) is 0 Å². The highest BCUT2D eigenvalue weighted by Crippen LogP contribution is 2.31. The van der Waals surface area contributed by atoms with E-state index in [1.165, 1.54) is 6.08 Å². The Labute approximate surface area is 259 Å². The molecule has 2 aromatic rings. The van der Waals surface area contributed by atoms with Crippen LogP contribution in [0.5, 0.6) is 0 Å². The van der Waals surface area contributed by atoms with Gasteiger partial charge in [0.25, 0.3) is 0 Å². The molecule has 0 aliphatic carbocycles. The van der Waals surface area contributed by atoms with Gasteiger partial charge in [-0.15, -0.1) is 0 Å². The molecule has 0 saturated carbocycles. The zero-order chi connectivity index (χ0) is 31.7. The van der Waals surface area contributed by atoms with Crippen molar-refractivity contribution < 1.29 is 38.6 Å². The van der Waals surface area contributed by atoms with Crippen LogP contribution in [0.15, 0.2) is 72.8 Å². The maximum atomic E-state index is 14.1. The molecule has 236 valence electrons. The second-order valence-electron chi connectivity index (χ2n) is 11.0. The number of cyclic esters (lactones) is 1. The van der Waals surface area contributed by atoms with E-state index in [0.717, 1.165) is 62.8 Å². The summed E-state index contributed by atoms with van der Waals surface area (Å²) in [6.45, 7) is 1.32. The van der Waals surface area contributed by atoms with Crippen molar-refractivity contribution in [3.05, 3.63) is 83.9 Å². The highest BCUT2D eigenvalue weighted by atomic mass is 16.6. The number of carbonyl (C=O) groups excluding carboxylic acids is 5. The van der Waals surface area contributed by atoms with Crippen molar-refractivity contribution in [2.24, 2.45) is 5.92 Å². The lowest BCUT2D eigenvalue weighted by Gasteiger charge is -2.29. The van der Waals surface area contributed by atoms with Crippen molar-refractivity contribution in [2.45, 2.75) is 83.3 Å². The number of allylic oxidation sites excluding steroid dienone is 1. The number of ketones is 2. The summed E-state index contributed by atoms with van der Waals surface area (Å²) < 4.78 is 10.7. The van der Waals surface area contributed by atoms with Crippen LogP contribution in [0.25, 0.3) is 0 Å². The van der Waals surface area contributed by atoms with Crippen molar-refractivity contribution in [3.8, 4) is 0 Å². The highest BCUT2D eigenvalue weighted by Gasteiger charge is 2.46. The molecule has 2 amide bonds. The lowest BCUT2D eigenvalue weighted by atomic mass is 9.89. The molecule has 3 atom stereocenters. The standard InChI is InChI=1S/C35H43NO8/c1-26(38)44-33(32(40)22-21-29(39)20-14-6-4-2-3-5-7-15-23-37)30(24-27-16-10-8-11-17-27)34(41)36-31(25-43-35(36)42)28-18-12-9-13-19-28/h8-13,16-19,21-22,30-31,33,37H,2-7,14-15,20,23-25H2,1H3/t30-,31+,33-/m0/s1. The smallest absolute Gasteiger partial charge is 0.417 e. The quantitative estimate of drug-likeness (QED) is 0.123. The number of amides is 2. The average molecular weight is 606 g/mol. The van der Waals surface area contributed by atoms with Gasteiger partial charge >= 0.3 is 12.1 Å². The van der Waals surface area contributed by atoms with Crippen LogP contribution in [0.2, 0.25) is 0 Å². The lowest BCUT2D eigenvalue weighted by molar-refractivity contribution is -0.158. The Bertz CT molecular complexity index is 1260. The second-order valence-corrected chi connectivity index (χ2v) is 11.0. The van der Waals surface area contributed by atoms with E-state index in [1.54, 1.807) is 48.5 Å². The molecule has 1 aliphatic heterocycles. The number of hydrogen-bond donors (Lipinski definition) is 1. The topological polar surface area (TPSA) is 127 Å². The zero-order valence-electron chi connectivity index (χ0n) is 25.4. The minimum Gasteiger partial charge on any atom is -0.453 e. The fraction of sp³-hybridized carbons (Fsp3) is 0.457. The first-order chi connectivity index (χ1) is 21.3. The number of aliphatic hydroxyl groups excluding tert-OH is 1. The summed E-state index contributed by atoms with van der Waals surface area (Å²) in [6.07, 6.45) is 7.85. The number of ether oxygens (including phenoxy) is 2. The van der Waals surface area contributed by atoms with Gasteiger partial charge in [0.1, 0.15) is 12.6 Å². The van der Waals surface area contributed by atoms with Gasteiger partial charge < -0.3 is 14.6 Å². The molecule has 1 saturated heterocycles. The Balaban J connectivity index is 1.73. The van der Waals surface area contributed by atoms with E-state index in [9.17, 15) is 24.0 Å². The minimum absolute atomic E-state index is 0.0104. The largest absolute Gasteiger partial charge is 0.453 e. The number of hydrogen-bond acceptors (Lipinski definition) is 8. The fourth-order valence-corrected chi connectivity index (χ4v) is 5.30. The van der Waals surface area contributed by atoms with Crippen LogP contribution in [-0.4, -0.2) is 58.9 Å². The summed E-state index contributed by atoms with van der Waals surface area (Å²) in [4.78, 5) is 66.1. The van der Waals surface area contributed by atoms with Crippen LogP contribution in [-0.2, 0) is 35.1 Å². The summed E-state index contributed by atoms with van der Waals surface area (Å²) in [5.74, 6) is -3.67. The second kappa shape index (κ2) is 18.5. The number of nitrogens with zero attached hydrogens (tertiary/aromatic N) is 1. The molecule has 1 N–H and O–H groups in total. The molecule has 1 aliphatic rings. The van der Waals surface area contributed by atoms with Gasteiger partial charge in [-0.25, -0.2) is 9.69 Å². The lowest BCUT2D eigenvalue weighted by Crippen LogP contribution is -2.47. The maximum absolute atomic E-state index is 14.1. The van der Waals surface area contributed by atoms with Gasteiger partial charge in [-0.3, -0.25) is 19.2 Å². The van der Waals surface area contributed by atoms with E-state index in [4.69, 9.17) is 14.6 Å². The Kier molecular flexibility index (Phi) is 14.5. The summed E-state index contributed by atoms with van der Waals surface area (Å²) in [5, 5.41) is 8.84. The molecule has 0 spiro atoms.